The van der Waals surface area contributed by atoms with Gasteiger partial charge in [0.15, 0.2) is 0 Å². The normalized spacial score (nSPS) is 11.9. The van der Waals surface area contributed by atoms with E-state index in [0.717, 1.165) is 4.88 Å². The van der Waals surface area contributed by atoms with Gasteiger partial charge >= 0.3 is 0 Å². The quantitative estimate of drug-likeness (QED) is 0.818. The SMILES string of the molecule is CC(=O)NCCC(=O)N[C@@H](C)c1cccs1. The van der Waals surface area contributed by atoms with Crippen LogP contribution in [0.25, 0.3) is 0 Å². The Morgan fingerprint density at radius 2 is 2.25 bits per heavy atom. The summed E-state index contributed by atoms with van der Waals surface area (Å²) in [4.78, 5) is 23.2. The molecule has 5 heteroatoms. The van der Waals surface area contributed by atoms with Crippen LogP contribution < -0.4 is 10.6 Å². The van der Waals surface area contributed by atoms with Crippen LogP contribution in [0.3, 0.4) is 0 Å². The lowest BCUT2D eigenvalue weighted by Crippen LogP contribution is -2.30. The third kappa shape index (κ3) is 4.44. The lowest BCUT2D eigenvalue weighted by atomic mass is 10.2. The highest BCUT2D eigenvalue weighted by atomic mass is 32.1. The predicted octanol–water partition coefficient (Wildman–Crippen LogP) is 1.45. The first-order valence-corrected chi connectivity index (χ1v) is 6.04. The Kier molecular flexibility index (Phi) is 4.98. The summed E-state index contributed by atoms with van der Waals surface area (Å²) in [6.07, 6.45) is 0.315. The molecule has 0 aliphatic heterocycles. The zero-order valence-corrected chi connectivity index (χ0v) is 10.3. The molecule has 88 valence electrons. The lowest BCUT2D eigenvalue weighted by Gasteiger charge is -2.12. The van der Waals surface area contributed by atoms with Gasteiger partial charge < -0.3 is 10.6 Å². The number of thiophene rings is 1. The van der Waals surface area contributed by atoms with E-state index >= 15 is 0 Å². The Bertz CT molecular complexity index is 349. The van der Waals surface area contributed by atoms with Crippen molar-refractivity contribution in [2.45, 2.75) is 26.3 Å². The molecule has 1 rings (SSSR count). The van der Waals surface area contributed by atoms with Crippen molar-refractivity contribution in [1.82, 2.24) is 10.6 Å². The molecule has 1 atom stereocenters. The molecular formula is C11H16N2O2S. The van der Waals surface area contributed by atoms with Crippen LogP contribution in [0.4, 0.5) is 0 Å². The minimum absolute atomic E-state index is 0.0322. The minimum atomic E-state index is -0.112. The summed E-state index contributed by atoms with van der Waals surface area (Å²) in [5.41, 5.74) is 0. The molecule has 0 aromatic carbocycles. The number of rotatable bonds is 5. The molecule has 1 aromatic heterocycles. The Morgan fingerprint density at radius 3 is 2.81 bits per heavy atom. The Morgan fingerprint density at radius 1 is 1.50 bits per heavy atom. The van der Waals surface area contributed by atoms with E-state index in [2.05, 4.69) is 10.6 Å². The molecule has 2 N–H and O–H groups in total. The van der Waals surface area contributed by atoms with Crippen molar-refractivity contribution in [1.29, 1.82) is 0 Å². The second-order valence-corrected chi connectivity index (χ2v) is 4.52. The van der Waals surface area contributed by atoms with Gasteiger partial charge in [-0.3, -0.25) is 9.59 Å². The van der Waals surface area contributed by atoms with E-state index in [0.29, 0.717) is 13.0 Å². The molecule has 0 aliphatic rings. The van der Waals surface area contributed by atoms with Gasteiger partial charge in [-0.25, -0.2) is 0 Å². The Balaban J connectivity index is 2.26. The first-order chi connectivity index (χ1) is 7.59. The number of nitrogens with one attached hydrogen (secondary N) is 2. The molecule has 0 saturated carbocycles. The first-order valence-electron chi connectivity index (χ1n) is 5.17. The largest absolute Gasteiger partial charge is 0.356 e. The zero-order valence-electron chi connectivity index (χ0n) is 9.45. The molecular weight excluding hydrogens is 224 g/mol. The average Bonchev–Trinajstić information content (AvgIpc) is 2.69. The number of hydrogen-bond donors (Lipinski definition) is 2. The summed E-state index contributed by atoms with van der Waals surface area (Å²) >= 11 is 1.62. The monoisotopic (exact) mass is 240 g/mol. The van der Waals surface area contributed by atoms with Gasteiger partial charge in [-0.1, -0.05) is 6.07 Å². The second-order valence-electron chi connectivity index (χ2n) is 3.54. The van der Waals surface area contributed by atoms with E-state index in [1.165, 1.54) is 6.92 Å². The summed E-state index contributed by atoms with van der Waals surface area (Å²) < 4.78 is 0. The van der Waals surface area contributed by atoms with E-state index in [-0.39, 0.29) is 17.9 Å². The van der Waals surface area contributed by atoms with Crippen LogP contribution in [-0.4, -0.2) is 18.4 Å². The van der Waals surface area contributed by atoms with Crippen LogP contribution in [0, 0.1) is 0 Å². The van der Waals surface area contributed by atoms with E-state index in [9.17, 15) is 9.59 Å². The van der Waals surface area contributed by atoms with Crippen molar-refractivity contribution in [2.75, 3.05) is 6.54 Å². The third-order valence-corrected chi connectivity index (χ3v) is 3.13. The van der Waals surface area contributed by atoms with Gasteiger partial charge in [0, 0.05) is 24.8 Å². The molecule has 0 saturated heterocycles. The van der Waals surface area contributed by atoms with Crippen molar-refractivity contribution in [3.8, 4) is 0 Å². The second kappa shape index (κ2) is 6.27. The van der Waals surface area contributed by atoms with Gasteiger partial charge in [-0.2, -0.15) is 0 Å². The molecule has 0 fully saturated rings. The molecule has 0 spiro atoms. The van der Waals surface area contributed by atoms with Crippen molar-refractivity contribution < 1.29 is 9.59 Å². The lowest BCUT2D eigenvalue weighted by molar-refractivity contribution is -0.122. The third-order valence-electron chi connectivity index (χ3n) is 2.07. The fourth-order valence-corrected chi connectivity index (χ4v) is 2.01. The smallest absolute Gasteiger partial charge is 0.222 e. The Labute approximate surface area is 99.0 Å². The van der Waals surface area contributed by atoms with Crippen molar-refractivity contribution >= 4 is 23.2 Å². The maximum Gasteiger partial charge on any atom is 0.222 e. The molecule has 1 aromatic rings. The minimum Gasteiger partial charge on any atom is -0.356 e. The number of carbonyl (C=O) groups excluding carboxylic acids is 2. The van der Waals surface area contributed by atoms with E-state index < -0.39 is 0 Å². The summed E-state index contributed by atoms with van der Waals surface area (Å²) in [6, 6.07) is 3.98. The van der Waals surface area contributed by atoms with Gasteiger partial charge in [0.1, 0.15) is 0 Å². The average molecular weight is 240 g/mol. The van der Waals surface area contributed by atoms with Crippen LogP contribution >= 0.6 is 11.3 Å². The van der Waals surface area contributed by atoms with E-state index in [4.69, 9.17) is 0 Å². The number of amides is 2. The molecule has 16 heavy (non-hydrogen) atoms. The molecule has 0 radical (unpaired) electrons. The van der Waals surface area contributed by atoms with Crippen molar-refractivity contribution in [3.63, 3.8) is 0 Å². The maximum absolute atomic E-state index is 11.5. The van der Waals surface area contributed by atoms with Crippen LogP contribution in [0.5, 0.6) is 0 Å². The molecule has 2 amide bonds. The fraction of sp³-hybridized carbons (Fsp3) is 0.455. The fourth-order valence-electron chi connectivity index (χ4n) is 1.27. The first kappa shape index (κ1) is 12.7. The highest BCUT2D eigenvalue weighted by Crippen LogP contribution is 2.17. The van der Waals surface area contributed by atoms with Gasteiger partial charge in [0.25, 0.3) is 0 Å². The highest BCUT2D eigenvalue weighted by molar-refractivity contribution is 7.10. The van der Waals surface area contributed by atoms with Crippen LogP contribution in [0.2, 0.25) is 0 Å². The molecule has 4 nitrogen and oxygen atoms in total. The maximum atomic E-state index is 11.5. The van der Waals surface area contributed by atoms with Gasteiger partial charge in [0.05, 0.1) is 6.04 Å². The van der Waals surface area contributed by atoms with Gasteiger partial charge in [-0.05, 0) is 18.4 Å². The van der Waals surface area contributed by atoms with Crippen molar-refractivity contribution in [3.05, 3.63) is 22.4 Å². The molecule has 0 bridgehead atoms. The van der Waals surface area contributed by atoms with Crippen LogP contribution in [0.15, 0.2) is 17.5 Å². The zero-order chi connectivity index (χ0) is 12.0. The summed E-state index contributed by atoms with van der Waals surface area (Å²) in [7, 11) is 0. The topological polar surface area (TPSA) is 58.2 Å². The van der Waals surface area contributed by atoms with Gasteiger partial charge in [-0.15, -0.1) is 11.3 Å². The van der Waals surface area contributed by atoms with E-state index in [1.807, 2.05) is 24.4 Å². The summed E-state index contributed by atoms with van der Waals surface area (Å²) in [6.45, 7) is 3.77. The Hall–Kier alpha value is -1.36. The van der Waals surface area contributed by atoms with Crippen LogP contribution in [0.1, 0.15) is 31.2 Å². The summed E-state index contributed by atoms with van der Waals surface area (Å²) in [5.74, 6) is -0.159. The van der Waals surface area contributed by atoms with E-state index in [1.54, 1.807) is 11.3 Å². The molecule has 1 heterocycles. The predicted molar refractivity (Wildman–Crippen MR) is 64.2 cm³/mol. The standard InChI is InChI=1S/C11H16N2O2S/c1-8(10-4-3-7-16-10)13-11(15)5-6-12-9(2)14/h3-4,7-8H,5-6H2,1-2H3,(H,12,14)(H,13,15)/t8-/m0/s1. The molecule has 0 aliphatic carbocycles. The number of carbonyl (C=O) groups is 2. The van der Waals surface area contributed by atoms with Crippen LogP contribution in [-0.2, 0) is 9.59 Å². The summed E-state index contributed by atoms with van der Waals surface area (Å²) in [5, 5.41) is 7.44. The number of hydrogen-bond acceptors (Lipinski definition) is 3. The van der Waals surface area contributed by atoms with Crippen molar-refractivity contribution in [2.24, 2.45) is 0 Å². The van der Waals surface area contributed by atoms with Gasteiger partial charge in [0.2, 0.25) is 11.8 Å². The highest BCUT2D eigenvalue weighted by Gasteiger charge is 2.09. The molecule has 0 unspecified atom stereocenters.